The van der Waals surface area contributed by atoms with E-state index >= 15 is 0 Å². The summed E-state index contributed by atoms with van der Waals surface area (Å²) in [4.78, 5) is 38.9. The first kappa shape index (κ1) is 21.8. The third-order valence-corrected chi connectivity index (χ3v) is 5.02. The van der Waals surface area contributed by atoms with Gasteiger partial charge in [-0.25, -0.2) is 14.0 Å². The van der Waals surface area contributed by atoms with E-state index in [9.17, 15) is 18.8 Å². The Bertz CT molecular complexity index is 698. The second kappa shape index (κ2) is 10.7. The molecule has 1 aliphatic heterocycles. The van der Waals surface area contributed by atoms with Crippen LogP contribution in [0.5, 0.6) is 0 Å². The smallest absolute Gasteiger partial charge is 0.329 e. The second-order valence-electron chi connectivity index (χ2n) is 6.27. The van der Waals surface area contributed by atoms with Crippen LogP contribution in [0.25, 0.3) is 0 Å². The zero-order valence-corrected chi connectivity index (χ0v) is 16.5. The molecule has 1 heterocycles. The van der Waals surface area contributed by atoms with Crippen molar-refractivity contribution in [2.24, 2.45) is 5.73 Å². The quantitative estimate of drug-likeness (QED) is 0.612. The highest BCUT2D eigenvalue weighted by molar-refractivity contribution is 7.98. The van der Waals surface area contributed by atoms with Crippen LogP contribution in [0.3, 0.4) is 0 Å². The molecule has 0 radical (unpaired) electrons. The number of nitrogens with zero attached hydrogens (tertiary/aromatic N) is 2. The molecule has 1 aromatic carbocycles. The highest BCUT2D eigenvalue weighted by Gasteiger charge is 2.26. The van der Waals surface area contributed by atoms with Gasteiger partial charge in [0, 0.05) is 26.2 Å². The van der Waals surface area contributed by atoms with Gasteiger partial charge in [0.2, 0.25) is 0 Å². The number of ether oxygens (including phenoxy) is 1. The van der Waals surface area contributed by atoms with Crippen molar-refractivity contribution in [3.05, 3.63) is 30.1 Å². The minimum absolute atomic E-state index is 0.297. The minimum atomic E-state index is -0.879. The number of amides is 3. The zero-order valence-electron chi connectivity index (χ0n) is 15.7. The molecule has 1 saturated heterocycles. The van der Waals surface area contributed by atoms with E-state index in [2.05, 4.69) is 5.32 Å². The summed E-state index contributed by atoms with van der Waals surface area (Å²) in [5.74, 6) is -0.684. The first-order valence-electron chi connectivity index (χ1n) is 8.91. The van der Waals surface area contributed by atoms with Crippen molar-refractivity contribution in [3.8, 4) is 0 Å². The minimum Gasteiger partial charge on any atom is -0.454 e. The molecule has 28 heavy (non-hydrogen) atoms. The molecule has 0 aliphatic carbocycles. The largest absolute Gasteiger partial charge is 0.454 e. The van der Waals surface area contributed by atoms with Gasteiger partial charge < -0.3 is 25.6 Å². The Balaban J connectivity index is 1.81. The third-order valence-electron chi connectivity index (χ3n) is 4.38. The number of esters is 1. The highest BCUT2D eigenvalue weighted by Crippen LogP contribution is 2.20. The number of hydrogen-bond acceptors (Lipinski definition) is 6. The molecule has 0 bridgehead atoms. The topological polar surface area (TPSA) is 105 Å². The summed E-state index contributed by atoms with van der Waals surface area (Å²) in [6.45, 7) is 1.37. The summed E-state index contributed by atoms with van der Waals surface area (Å²) < 4.78 is 18.9. The number of rotatable bonds is 8. The van der Waals surface area contributed by atoms with Gasteiger partial charge in [-0.05, 0) is 30.6 Å². The highest BCUT2D eigenvalue weighted by atomic mass is 32.2. The molecule has 0 unspecified atom stereocenters. The summed E-state index contributed by atoms with van der Waals surface area (Å²) in [5, 5.41) is 2.33. The van der Waals surface area contributed by atoms with Crippen LogP contribution < -0.4 is 16.0 Å². The molecule has 1 atom stereocenters. The van der Waals surface area contributed by atoms with Crippen LogP contribution in [0.2, 0.25) is 0 Å². The van der Waals surface area contributed by atoms with Crippen molar-refractivity contribution in [1.29, 1.82) is 0 Å². The molecule has 0 saturated carbocycles. The van der Waals surface area contributed by atoms with Crippen LogP contribution in [0, 0.1) is 5.82 Å². The van der Waals surface area contributed by atoms with E-state index in [-0.39, 0.29) is 11.7 Å². The van der Waals surface area contributed by atoms with E-state index in [4.69, 9.17) is 10.5 Å². The normalized spacial score (nSPS) is 15.1. The van der Waals surface area contributed by atoms with E-state index in [1.165, 1.54) is 17.8 Å². The van der Waals surface area contributed by atoms with Crippen LogP contribution in [0.15, 0.2) is 24.3 Å². The fraction of sp³-hybridized carbons (Fsp3) is 0.500. The number of halogens is 1. The molecule has 2 rings (SSSR count). The number of urea groups is 1. The fourth-order valence-corrected chi connectivity index (χ4v) is 3.36. The lowest BCUT2D eigenvalue weighted by Gasteiger charge is -2.36. The van der Waals surface area contributed by atoms with Crippen LogP contribution >= 0.6 is 11.8 Å². The molecule has 154 valence electrons. The first-order valence-corrected chi connectivity index (χ1v) is 10.3. The summed E-state index contributed by atoms with van der Waals surface area (Å²) in [6, 6.07) is 4.80. The van der Waals surface area contributed by atoms with Crippen molar-refractivity contribution in [3.63, 3.8) is 0 Å². The summed E-state index contributed by atoms with van der Waals surface area (Å²) in [5.41, 5.74) is 5.59. The monoisotopic (exact) mass is 412 g/mol. The lowest BCUT2D eigenvalue weighted by molar-refractivity contribution is -0.153. The molecule has 1 aliphatic rings. The summed E-state index contributed by atoms with van der Waals surface area (Å²) >= 11 is 1.51. The van der Waals surface area contributed by atoms with E-state index in [1.54, 1.807) is 23.1 Å². The Labute approximate surface area is 167 Å². The van der Waals surface area contributed by atoms with Gasteiger partial charge in [0.05, 0.1) is 5.69 Å². The Morgan fingerprint density at radius 2 is 1.93 bits per heavy atom. The second-order valence-corrected chi connectivity index (χ2v) is 7.26. The predicted molar refractivity (Wildman–Crippen MR) is 106 cm³/mol. The van der Waals surface area contributed by atoms with Crippen molar-refractivity contribution in [2.45, 2.75) is 12.5 Å². The average Bonchev–Trinajstić information content (AvgIpc) is 2.69. The number of para-hydroxylation sites is 1. The summed E-state index contributed by atoms with van der Waals surface area (Å²) in [6.07, 6.45) is 2.23. The zero-order chi connectivity index (χ0) is 20.5. The number of anilines is 1. The number of carbonyl (C=O) groups excluding carboxylic acids is 3. The van der Waals surface area contributed by atoms with Crippen LogP contribution in [0.4, 0.5) is 14.9 Å². The van der Waals surface area contributed by atoms with Gasteiger partial charge in [0.15, 0.2) is 6.61 Å². The molecule has 3 N–H and O–H groups in total. The number of benzene rings is 1. The van der Waals surface area contributed by atoms with Gasteiger partial charge in [-0.1, -0.05) is 12.1 Å². The Morgan fingerprint density at radius 3 is 2.54 bits per heavy atom. The lowest BCUT2D eigenvalue weighted by Crippen LogP contribution is -2.50. The molecule has 1 fully saturated rings. The lowest BCUT2D eigenvalue weighted by atomic mass is 10.2. The maximum Gasteiger partial charge on any atom is 0.329 e. The molecule has 1 aromatic rings. The van der Waals surface area contributed by atoms with E-state index in [1.807, 2.05) is 11.2 Å². The van der Waals surface area contributed by atoms with Crippen molar-refractivity contribution >= 4 is 35.4 Å². The number of carbonyl (C=O) groups is 3. The Hall–Kier alpha value is -2.49. The number of nitrogens with two attached hydrogens (primary N) is 1. The average molecular weight is 412 g/mol. The number of nitrogens with one attached hydrogen (secondary N) is 1. The molecule has 0 aromatic heterocycles. The number of piperazine rings is 1. The van der Waals surface area contributed by atoms with Crippen LogP contribution in [0.1, 0.15) is 6.42 Å². The van der Waals surface area contributed by atoms with E-state index in [0.717, 1.165) is 0 Å². The summed E-state index contributed by atoms with van der Waals surface area (Å²) in [7, 11) is 0. The number of hydrogen-bond donors (Lipinski definition) is 2. The molecule has 0 spiro atoms. The van der Waals surface area contributed by atoms with E-state index < -0.39 is 24.6 Å². The molecule has 10 heteroatoms. The maximum atomic E-state index is 13.9. The molecular weight excluding hydrogens is 387 g/mol. The standard InChI is InChI=1S/C18H25FN4O4S/c1-28-11-6-14(21-18(20)26)17(25)27-12-16(24)23-9-7-22(8-10-23)15-5-3-2-4-13(15)19/h2-5,14H,6-12H2,1H3,(H3,20,21,26)/t14-/m1/s1. The third kappa shape index (κ3) is 6.29. The van der Waals surface area contributed by atoms with Crippen LogP contribution in [-0.4, -0.2) is 73.6 Å². The van der Waals surface area contributed by atoms with Gasteiger partial charge in [-0.2, -0.15) is 11.8 Å². The Kier molecular flexibility index (Phi) is 8.37. The van der Waals surface area contributed by atoms with Crippen molar-refractivity contribution in [2.75, 3.05) is 49.7 Å². The van der Waals surface area contributed by atoms with E-state index in [0.29, 0.717) is 44.0 Å². The van der Waals surface area contributed by atoms with Gasteiger partial charge in [-0.3, -0.25) is 4.79 Å². The fourth-order valence-electron chi connectivity index (χ4n) is 2.89. The van der Waals surface area contributed by atoms with Gasteiger partial charge in [-0.15, -0.1) is 0 Å². The predicted octanol–water partition coefficient (Wildman–Crippen LogP) is 0.808. The molecule has 3 amide bonds. The van der Waals surface area contributed by atoms with Gasteiger partial charge in [0.25, 0.3) is 5.91 Å². The maximum absolute atomic E-state index is 13.9. The van der Waals surface area contributed by atoms with Crippen molar-refractivity contribution in [1.82, 2.24) is 10.2 Å². The van der Waals surface area contributed by atoms with Crippen LogP contribution in [-0.2, 0) is 14.3 Å². The van der Waals surface area contributed by atoms with Gasteiger partial charge in [0.1, 0.15) is 11.9 Å². The SMILES string of the molecule is CSCC[C@@H](NC(N)=O)C(=O)OCC(=O)N1CCN(c2ccccc2F)CC1. The number of primary amides is 1. The Morgan fingerprint density at radius 1 is 1.25 bits per heavy atom. The first-order chi connectivity index (χ1) is 13.4. The van der Waals surface area contributed by atoms with Gasteiger partial charge >= 0.3 is 12.0 Å². The number of thioether (sulfide) groups is 1. The van der Waals surface area contributed by atoms with Crippen molar-refractivity contribution < 1.29 is 23.5 Å². The molecular formula is C18H25FN4O4S. The molecule has 8 nitrogen and oxygen atoms in total.